The summed E-state index contributed by atoms with van der Waals surface area (Å²) in [4.78, 5) is 20.3. The van der Waals surface area contributed by atoms with Crippen molar-refractivity contribution in [2.24, 2.45) is 0 Å². The highest BCUT2D eigenvalue weighted by Crippen LogP contribution is 2.16. The molecule has 0 saturated heterocycles. The minimum absolute atomic E-state index is 0.184. The van der Waals surface area contributed by atoms with Gasteiger partial charge in [0.05, 0.1) is 5.56 Å². The van der Waals surface area contributed by atoms with Crippen LogP contribution in [0.4, 0.5) is 5.82 Å². The Hall–Kier alpha value is -2.23. The molecule has 0 aromatic carbocycles. The van der Waals surface area contributed by atoms with E-state index in [9.17, 15) is 4.79 Å². The molecule has 0 unspecified atom stereocenters. The van der Waals surface area contributed by atoms with Crippen LogP contribution in [0.3, 0.4) is 0 Å². The van der Waals surface area contributed by atoms with Gasteiger partial charge in [0.1, 0.15) is 11.5 Å². The van der Waals surface area contributed by atoms with Crippen LogP contribution in [0.1, 0.15) is 27.2 Å². The van der Waals surface area contributed by atoms with E-state index in [0.29, 0.717) is 11.3 Å². The zero-order valence-corrected chi connectivity index (χ0v) is 9.77. The van der Waals surface area contributed by atoms with Gasteiger partial charge in [0, 0.05) is 12.4 Å². The Morgan fingerprint density at radius 1 is 1.29 bits per heavy atom. The number of pyridine rings is 2. The molecule has 0 saturated carbocycles. The summed E-state index contributed by atoms with van der Waals surface area (Å²) in [5.41, 5.74) is 8.28. The molecule has 2 aromatic heterocycles. The molecule has 2 rings (SSSR count). The molecule has 0 fully saturated rings. The second-order valence-corrected chi connectivity index (χ2v) is 3.94. The molecule has 86 valence electrons. The summed E-state index contributed by atoms with van der Waals surface area (Å²) in [6.07, 6.45) is 3.23. The summed E-state index contributed by atoms with van der Waals surface area (Å²) in [6.45, 7) is 3.72. The fourth-order valence-corrected chi connectivity index (χ4v) is 1.61. The Morgan fingerprint density at radius 3 is 2.76 bits per heavy atom. The van der Waals surface area contributed by atoms with Crippen LogP contribution in [0, 0.1) is 13.8 Å². The number of ketones is 1. The Bertz CT molecular complexity index is 579. The molecule has 0 spiro atoms. The van der Waals surface area contributed by atoms with E-state index in [1.807, 2.05) is 19.9 Å². The lowest BCUT2D eigenvalue weighted by Crippen LogP contribution is -2.10. The monoisotopic (exact) mass is 227 g/mol. The summed E-state index contributed by atoms with van der Waals surface area (Å²) in [7, 11) is 0. The smallest absolute Gasteiger partial charge is 0.215 e. The van der Waals surface area contributed by atoms with E-state index >= 15 is 0 Å². The SMILES string of the molecule is Cc1cnc(N)c(C(=O)c2ncccc2C)c1. The lowest BCUT2D eigenvalue weighted by molar-refractivity contribution is 0.103. The van der Waals surface area contributed by atoms with Gasteiger partial charge in [0.2, 0.25) is 5.78 Å². The highest BCUT2D eigenvalue weighted by molar-refractivity contribution is 6.11. The normalized spacial score (nSPS) is 10.2. The van der Waals surface area contributed by atoms with E-state index in [4.69, 9.17) is 5.73 Å². The molecular weight excluding hydrogens is 214 g/mol. The van der Waals surface area contributed by atoms with Crippen LogP contribution in [0.5, 0.6) is 0 Å². The van der Waals surface area contributed by atoms with E-state index in [-0.39, 0.29) is 11.6 Å². The Morgan fingerprint density at radius 2 is 2.06 bits per heavy atom. The van der Waals surface area contributed by atoms with E-state index in [1.54, 1.807) is 24.5 Å². The van der Waals surface area contributed by atoms with Gasteiger partial charge in [-0.1, -0.05) is 6.07 Å². The fraction of sp³-hybridized carbons (Fsp3) is 0.154. The minimum atomic E-state index is -0.184. The number of hydrogen-bond donors (Lipinski definition) is 1. The lowest BCUT2D eigenvalue weighted by Gasteiger charge is -2.06. The first kappa shape index (κ1) is 11.3. The highest BCUT2D eigenvalue weighted by atomic mass is 16.1. The van der Waals surface area contributed by atoms with Crippen molar-refractivity contribution >= 4 is 11.6 Å². The molecule has 0 aliphatic carbocycles. The zero-order valence-electron chi connectivity index (χ0n) is 9.77. The van der Waals surface area contributed by atoms with Crippen molar-refractivity contribution in [1.29, 1.82) is 0 Å². The van der Waals surface area contributed by atoms with Crippen LogP contribution in [0.2, 0.25) is 0 Å². The molecule has 0 radical (unpaired) electrons. The number of nitrogens with zero attached hydrogens (tertiary/aromatic N) is 2. The van der Waals surface area contributed by atoms with E-state index < -0.39 is 0 Å². The van der Waals surface area contributed by atoms with Gasteiger partial charge in [-0.05, 0) is 37.1 Å². The predicted octanol–water partition coefficient (Wildman–Crippen LogP) is 1.91. The summed E-state index contributed by atoms with van der Waals surface area (Å²) in [6, 6.07) is 5.38. The van der Waals surface area contributed by atoms with Crippen molar-refractivity contribution in [3.8, 4) is 0 Å². The first-order chi connectivity index (χ1) is 8.09. The van der Waals surface area contributed by atoms with Crippen molar-refractivity contribution in [1.82, 2.24) is 9.97 Å². The Kier molecular flexibility index (Phi) is 2.87. The first-order valence-corrected chi connectivity index (χ1v) is 5.28. The number of nitrogens with two attached hydrogens (primary N) is 1. The van der Waals surface area contributed by atoms with Crippen LogP contribution < -0.4 is 5.73 Å². The van der Waals surface area contributed by atoms with Gasteiger partial charge in [0.15, 0.2) is 0 Å². The van der Waals surface area contributed by atoms with E-state index in [2.05, 4.69) is 9.97 Å². The van der Waals surface area contributed by atoms with Gasteiger partial charge in [-0.15, -0.1) is 0 Å². The van der Waals surface area contributed by atoms with Crippen molar-refractivity contribution in [3.05, 3.63) is 53.0 Å². The zero-order chi connectivity index (χ0) is 12.4. The Labute approximate surface area is 99.5 Å². The van der Waals surface area contributed by atoms with Crippen LogP contribution in [0.25, 0.3) is 0 Å². The van der Waals surface area contributed by atoms with Crippen molar-refractivity contribution in [2.75, 3.05) is 5.73 Å². The van der Waals surface area contributed by atoms with Crippen LogP contribution >= 0.6 is 0 Å². The maximum atomic E-state index is 12.3. The molecule has 4 nitrogen and oxygen atoms in total. The number of aromatic nitrogens is 2. The first-order valence-electron chi connectivity index (χ1n) is 5.28. The average Bonchev–Trinajstić information content (AvgIpc) is 2.32. The predicted molar refractivity (Wildman–Crippen MR) is 65.8 cm³/mol. The van der Waals surface area contributed by atoms with Gasteiger partial charge < -0.3 is 5.73 Å². The molecule has 2 heterocycles. The molecule has 0 aliphatic rings. The summed E-state index contributed by atoms with van der Waals surface area (Å²) in [5.74, 6) is 0.0578. The number of carbonyl (C=O) groups is 1. The summed E-state index contributed by atoms with van der Waals surface area (Å²) < 4.78 is 0. The third kappa shape index (κ3) is 2.15. The number of aryl methyl sites for hydroxylation is 2. The lowest BCUT2D eigenvalue weighted by atomic mass is 10.0. The van der Waals surface area contributed by atoms with Crippen molar-refractivity contribution < 1.29 is 4.79 Å². The van der Waals surface area contributed by atoms with Crippen molar-refractivity contribution in [2.45, 2.75) is 13.8 Å². The van der Waals surface area contributed by atoms with Gasteiger partial charge >= 0.3 is 0 Å². The van der Waals surface area contributed by atoms with Crippen LogP contribution in [-0.4, -0.2) is 15.8 Å². The quantitative estimate of drug-likeness (QED) is 0.795. The maximum absolute atomic E-state index is 12.3. The average molecular weight is 227 g/mol. The molecule has 0 aliphatic heterocycles. The topological polar surface area (TPSA) is 68.9 Å². The second-order valence-electron chi connectivity index (χ2n) is 3.94. The van der Waals surface area contributed by atoms with Gasteiger partial charge in [-0.3, -0.25) is 9.78 Å². The largest absolute Gasteiger partial charge is 0.383 e. The van der Waals surface area contributed by atoms with Crippen LogP contribution in [-0.2, 0) is 0 Å². The number of rotatable bonds is 2. The summed E-state index contributed by atoms with van der Waals surface area (Å²) >= 11 is 0. The van der Waals surface area contributed by atoms with Crippen LogP contribution in [0.15, 0.2) is 30.6 Å². The standard InChI is InChI=1S/C13H13N3O/c1-8-6-10(13(14)16-7-8)12(17)11-9(2)4-3-5-15-11/h3-7H,1-2H3,(H2,14,16). The van der Waals surface area contributed by atoms with Crippen molar-refractivity contribution in [3.63, 3.8) is 0 Å². The number of hydrogen-bond acceptors (Lipinski definition) is 4. The Balaban J connectivity index is 2.51. The maximum Gasteiger partial charge on any atom is 0.215 e. The number of carbonyl (C=O) groups excluding carboxylic acids is 1. The van der Waals surface area contributed by atoms with Gasteiger partial charge in [-0.2, -0.15) is 0 Å². The second kappa shape index (κ2) is 4.33. The molecule has 0 atom stereocenters. The van der Waals surface area contributed by atoms with E-state index in [1.165, 1.54) is 0 Å². The third-order valence-electron chi connectivity index (χ3n) is 2.52. The molecule has 2 aromatic rings. The molecular formula is C13H13N3O. The highest BCUT2D eigenvalue weighted by Gasteiger charge is 2.16. The van der Waals surface area contributed by atoms with Gasteiger partial charge in [0.25, 0.3) is 0 Å². The third-order valence-corrected chi connectivity index (χ3v) is 2.52. The fourth-order valence-electron chi connectivity index (χ4n) is 1.61. The number of anilines is 1. The van der Waals surface area contributed by atoms with Gasteiger partial charge in [-0.25, -0.2) is 4.98 Å². The minimum Gasteiger partial charge on any atom is -0.383 e. The van der Waals surface area contributed by atoms with E-state index in [0.717, 1.165) is 11.1 Å². The number of nitrogen functional groups attached to an aromatic ring is 1. The molecule has 2 N–H and O–H groups in total. The summed E-state index contributed by atoms with van der Waals surface area (Å²) in [5, 5.41) is 0. The molecule has 4 heteroatoms. The molecule has 0 bridgehead atoms. The molecule has 0 amide bonds. The molecule has 17 heavy (non-hydrogen) atoms.